The van der Waals surface area contributed by atoms with Gasteiger partial charge in [0.2, 0.25) is 0 Å². The van der Waals surface area contributed by atoms with Crippen molar-refractivity contribution in [3.63, 3.8) is 0 Å². The smallest absolute Gasteiger partial charge is 0.387 e. The summed E-state index contributed by atoms with van der Waals surface area (Å²) in [5.74, 6) is 1.19. The fourth-order valence-corrected chi connectivity index (χ4v) is 5.04. The highest BCUT2D eigenvalue weighted by Crippen LogP contribution is 2.63. The van der Waals surface area contributed by atoms with Crippen molar-refractivity contribution < 1.29 is 23.0 Å². The molecule has 0 unspecified atom stereocenters. The number of fused-ring (bicyclic) bond motifs is 5. The van der Waals surface area contributed by atoms with Crippen molar-refractivity contribution in [2.45, 2.75) is 44.4 Å². The van der Waals surface area contributed by atoms with E-state index in [1.54, 1.807) is 44.2 Å². The number of benzene rings is 2. The van der Waals surface area contributed by atoms with Crippen LogP contribution in [0, 0.1) is 11.7 Å². The van der Waals surface area contributed by atoms with Crippen LogP contribution in [0.1, 0.15) is 49.4 Å². The Bertz CT molecular complexity index is 1410. The van der Waals surface area contributed by atoms with Crippen molar-refractivity contribution in [3.8, 4) is 16.9 Å². The lowest BCUT2D eigenvalue weighted by Gasteiger charge is -2.21. The first kappa shape index (κ1) is 21.1. The Labute approximate surface area is 193 Å². The van der Waals surface area contributed by atoms with E-state index in [-0.39, 0.29) is 29.5 Å². The zero-order chi connectivity index (χ0) is 23.8. The van der Waals surface area contributed by atoms with E-state index in [0.717, 1.165) is 12.2 Å². The van der Waals surface area contributed by atoms with Gasteiger partial charge in [0.05, 0.1) is 17.1 Å². The molecule has 34 heavy (non-hydrogen) atoms. The Kier molecular flexibility index (Phi) is 4.51. The minimum absolute atomic E-state index is 0.140. The summed E-state index contributed by atoms with van der Waals surface area (Å²) in [6.45, 7) is 0.223. The minimum Gasteiger partial charge on any atom is -0.434 e. The number of rotatable bonds is 5. The summed E-state index contributed by atoms with van der Waals surface area (Å²) in [5.41, 5.74) is 1.43. The van der Waals surface area contributed by atoms with Crippen LogP contribution >= 0.6 is 0 Å². The van der Waals surface area contributed by atoms with Crippen LogP contribution in [0.15, 0.2) is 48.8 Å². The highest BCUT2D eigenvalue weighted by Gasteiger charge is 2.55. The Morgan fingerprint density at radius 1 is 1.15 bits per heavy atom. The van der Waals surface area contributed by atoms with E-state index in [0.29, 0.717) is 27.7 Å². The standard InChI is InChI=1S/C25H21F3N4O2/c1-25(2,33)23-29-10-12(11-30-23)14-8-19-18(9-17(14)26)31-22-16-7-15(16)21(32(19)22)13-5-3-4-6-20(13)34-24(27)28/h3-6,8-11,15-16,21,24,33H,7H2,1-2H3/t15-,16+,21+/m0/s1. The lowest BCUT2D eigenvalue weighted by Crippen LogP contribution is -2.19. The Morgan fingerprint density at radius 2 is 1.88 bits per heavy atom. The monoisotopic (exact) mass is 466 g/mol. The van der Waals surface area contributed by atoms with E-state index in [9.17, 15) is 13.9 Å². The fraction of sp³-hybridized carbons (Fsp3) is 0.320. The zero-order valence-corrected chi connectivity index (χ0v) is 18.4. The first-order valence-electron chi connectivity index (χ1n) is 11.0. The molecule has 9 heteroatoms. The highest BCUT2D eigenvalue weighted by atomic mass is 19.3. The van der Waals surface area contributed by atoms with Gasteiger partial charge in [0.15, 0.2) is 5.82 Å². The summed E-state index contributed by atoms with van der Waals surface area (Å²) in [6.07, 6.45) is 3.86. The van der Waals surface area contributed by atoms with E-state index in [2.05, 4.69) is 9.97 Å². The quantitative estimate of drug-likeness (QED) is 0.440. The normalized spacial score (nSPS) is 21.1. The molecule has 0 spiro atoms. The lowest BCUT2D eigenvalue weighted by molar-refractivity contribution is -0.0507. The number of nitrogens with zero attached hydrogens (tertiary/aromatic N) is 4. The molecule has 2 aromatic heterocycles. The molecule has 1 aliphatic heterocycles. The number of aliphatic hydroxyl groups is 1. The summed E-state index contributed by atoms with van der Waals surface area (Å²) in [6, 6.07) is 9.67. The van der Waals surface area contributed by atoms with E-state index in [1.165, 1.54) is 18.5 Å². The van der Waals surface area contributed by atoms with Gasteiger partial charge in [-0.05, 0) is 38.3 Å². The molecule has 0 radical (unpaired) electrons. The summed E-state index contributed by atoms with van der Waals surface area (Å²) < 4.78 is 48.0. The van der Waals surface area contributed by atoms with Gasteiger partial charge in [-0.25, -0.2) is 19.3 Å². The third-order valence-corrected chi connectivity index (χ3v) is 6.62. The van der Waals surface area contributed by atoms with Crippen LogP contribution in [0.2, 0.25) is 0 Å². The van der Waals surface area contributed by atoms with Crippen LogP contribution in [0.4, 0.5) is 13.2 Å². The Morgan fingerprint density at radius 3 is 2.59 bits per heavy atom. The maximum atomic E-state index is 15.1. The molecule has 0 amide bonds. The summed E-state index contributed by atoms with van der Waals surface area (Å²) in [7, 11) is 0. The Balaban J connectivity index is 1.48. The average molecular weight is 466 g/mol. The van der Waals surface area contributed by atoms with Crippen LogP contribution in [-0.4, -0.2) is 31.2 Å². The van der Waals surface area contributed by atoms with Crippen molar-refractivity contribution in [1.82, 2.24) is 19.5 Å². The molecular formula is C25H21F3N4O2. The van der Waals surface area contributed by atoms with Crippen LogP contribution in [0.3, 0.4) is 0 Å². The number of para-hydroxylation sites is 1. The maximum Gasteiger partial charge on any atom is 0.387 e. The average Bonchev–Trinajstić information content (AvgIpc) is 3.39. The molecule has 1 fully saturated rings. The van der Waals surface area contributed by atoms with E-state index in [4.69, 9.17) is 9.72 Å². The Hall–Kier alpha value is -3.46. The molecular weight excluding hydrogens is 445 g/mol. The molecule has 4 aromatic rings. The van der Waals surface area contributed by atoms with Gasteiger partial charge >= 0.3 is 6.61 Å². The molecule has 1 N–H and O–H groups in total. The van der Waals surface area contributed by atoms with Gasteiger partial charge in [0.25, 0.3) is 0 Å². The van der Waals surface area contributed by atoms with E-state index in [1.807, 2.05) is 4.57 Å². The highest BCUT2D eigenvalue weighted by molar-refractivity contribution is 5.84. The van der Waals surface area contributed by atoms with Gasteiger partial charge in [0, 0.05) is 41.1 Å². The van der Waals surface area contributed by atoms with Gasteiger partial charge in [-0.3, -0.25) is 0 Å². The molecule has 6 nitrogen and oxygen atoms in total. The molecule has 3 atom stereocenters. The van der Waals surface area contributed by atoms with Gasteiger partial charge in [-0.2, -0.15) is 8.78 Å². The predicted molar refractivity (Wildman–Crippen MR) is 118 cm³/mol. The number of ether oxygens (including phenoxy) is 1. The van der Waals surface area contributed by atoms with Crippen LogP contribution in [0.5, 0.6) is 5.75 Å². The van der Waals surface area contributed by atoms with Crippen molar-refractivity contribution >= 4 is 11.0 Å². The second kappa shape index (κ2) is 7.27. The van der Waals surface area contributed by atoms with Gasteiger partial charge in [-0.15, -0.1) is 0 Å². The van der Waals surface area contributed by atoms with Crippen LogP contribution in [-0.2, 0) is 5.60 Å². The predicted octanol–water partition coefficient (Wildman–Crippen LogP) is 5.17. The lowest BCUT2D eigenvalue weighted by atomic mass is 10.0. The first-order valence-corrected chi connectivity index (χ1v) is 11.0. The molecule has 0 saturated heterocycles. The number of aromatic nitrogens is 4. The summed E-state index contributed by atoms with van der Waals surface area (Å²) in [4.78, 5) is 13.1. The number of alkyl halides is 2. The van der Waals surface area contributed by atoms with Gasteiger partial charge in [-0.1, -0.05) is 18.2 Å². The van der Waals surface area contributed by atoms with E-state index < -0.39 is 18.0 Å². The largest absolute Gasteiger partial charge is 0.434 e. The number of hydrogen-bond donors (Lipinski definition) is 1. The molecule has 1 saturated carbocycles. The van der Waals surface area contributed by atoms with E-state index >= 15 is 4.39 Å². The molecule has 2 aromatic carbocycles. The number of imidazole rings is 1. The van der Waals surface area contributed by atoms with Crippen molar-refractivity contribution in [3.05, 3.63) is 71.8 Å². The van der Waals surface area contributed by atoms with Crippen LogP contribution < -0.4 is 4.74 Å². The minimum atomic E-state index is -2.93. The van der Waals surface area contributed by atoms with Crippen molar-refractivity contribution in [2.75, 3.05) is 0 Å². The zero-order valence-electron chi connectivity index (χ0n) is 18.4. The van der Waals surface area contributed by atoms with Crippen molar-refractivity contribution in [2.24, 2.45) is 5.92 Å². The summed E-state index contributed by atoms with van der Waals surface area (Å²) in [5, 5.41) is 10.1. The summed E-state index contributed by atoms with van der Waals surface area (Å²) >= 11 is 0. The second-order valence-corrected chi connectivity index (χ2v) is 9.38. The molecule has 2 aliphatic rings. The maximum absolute atomic E-state index is 15.1. The third-order valence-electron chi connectivity index (χ3n) is 6.62. The third kappa shape index (κ3) is 3.26. The molecule has 3 heterocycles. The fourth-order valence-electron chi connectivity index (χ4n) is 5.04. The number of hydrogen-bond acceptors (Lipinski definition) is 5. The second-order valence-electron chi connectivity index (χ2n) is 9.38. The van der Waals surface area contributed by atoms with Gasteiger partial charge < -0.3 is 14.4 Å². The number of halogens is 3. The SMILES string of the molecule is CC(C)(O)c1ncc(-c2cc3c(cc2F)nc2n3[C@H](c3ccccc3OC(F)F)[C@H]3C[C@@H]23)cn1. The van der Waals surface area contributed by atoms with Crippen LogP contribution in [0.25, 0.3) is 22.2 Å². The topological polar surface area (TPSA) is 73.1 Å². The molecule has 6 rings (SSSR count). The molecule has 1 aliphatic carbocycles. The molecule has 174 valence electrons. The van der Waals surface area contributed by atoms with Gasteiger partial charge in [0.1, 0.15) is 23.0 Å². The molecule has 0 bridgehead atoms. The van der Waals surface area contributed by atoms with Crippen molar-refractivity contribution in [1.29, 1.82) is 0 Å². The first-order chi connectivity index (χ1) is 16.2.